The number of carbonyl (C=O) groups excluding carboxylic acids is 1. The number of nitrogens with one attached hydrogen (secondary N) is 2. The van der Waals surface area contributed by atoms with Crippen LogP contribution in [0.5, 0.6) is 0 Å². The first-order valence-corrected chi connectivity index (χ1v) is 9.27. The maximum atomic E-state index is 11.7. The van der Waals surface area contributed by atoms with Crippen LogP contribution in [-0.2, 0) is 19.0 Å². The number of amides is 1. The number of rotatable bonds is 6. The number of fused-ring (bicyclic) bond motifs is 1. The number of hydrogen-bond acceptors (Lipinski definition) is 8. The zero-order chi connectivity index (χ0) is 17.9. The summed E-state index contributed by atoms with van der Waals surface area (Å²) in [5.74, 6) is 0.370. The fourth-order valence-electron chi connectivity index (χ4n) is 3.28. The first kappa shape index (κ1) is 17.3. The third-order valence-corrected chi connectivity index (χ3v) is 5.31. The van der Waals surface area contributed by atoms with E-state index in [1.807, 2.05) is 23.6 Å². The Morgan fingerprint density at radius 1 is 1.31 bits per heavy atom. The molecule has 2 aromatic rings. The number of hydrogen-bond donors (Lipinski definition) is 2. The molecule has 4 atom stereocenters. The van der Waals surface area contributed by atoms with Crippen molar-refractivity contribution in [3.63, 3.8) is 0 Å². The summed E-state index contributed by atoms with van der Waals surface area (Å²) in [6.07, 6.45) is 1.40. The number of aromatic nitrogens is 2. The van der Waals surface area contributed by atoms with Crippen LogP contribution in [0.25, 0.3) is 10.6 Å². The standard InChI is InChI=1S/C17H20N4O4S/c1-23-9-14(22)19-11-7-24-16-12(8-25-15(11)16)21-17-18-5-4-10(20-17)13-3-2-6-26-13/h2-6,11-12,15-16H,7-9H2,1H3,(H,19,22)(H,18,20,21)/t11-,12-,15+,16+/m0/s1. The summed E-state index contributed by atoms with van der Waals surface area (Å²) < 4.78 is 16.6. The summed E-state index contributed by atoms with van der Waals surface area (Å²) in [6.45, 7) is 0.913. The average Bonchev–Trinajstić information content (AvgIpc) is 3.36. The fourth-order valence-corrected chi connectivity index (χ4v) is 3.98. The molecule has 0 unspecified atom stereocenters. The minimum atomic E-state index is -0.186. The second-order valence-electron chi connectivity index (χ2n) is 6.20. The van der Waals surface area contributed by atoms with Crippen LogP contribution in [0, 0.1) is 0 Å². The van der Waals surface area contributed by atoms with E-state index >= 15 is 0 Å². The number of thiophene rings is 1. The van der Waals surface area contributed by atoms with Gasteiger partial charge in [0.15, 0.2) is 0 Å². The monoisotopic (exact) mass is 376 g/mol. The molecule has 8 nitrogen and oxygen atoms in total. The maximum Gasteiger partial charge on any atom is 0.246 e. The lowest BCUT2D eigenvalue weighted by molar-refractivity contribution is -0.126. The summed E-state index contributed by atoms with van der Waals surface area (Å²) in [4.78, 5) is 21.7. The number of ether oxygens (including phenoxy) is 3. The largest absolute Gasteiger partial charge is 0.375 e. The van der Waals surface area contributed by atoms with Crippen LogP contribution in [0.15, 0.2) is 29.8 Å². The minimum Gasteiger partial charge on any atom is -0.375 e. The van der Waals surface area contributed by atoms with Crippen molar-refractivity contribution < 1.29 is 19.0 Å². The van der Waals surface area contributed by atoms with Crippen molar-refractivity contribution in [3.05, 3.63) is 29.8 Å². The van der Waals surface area contributed by atoms with Crippen LogP contribution >= 0.6 is 11.3 Å². The molecule has 0 bridgehead atoms. The number of carbonyl (C=O) groups is 1. The predicted molar refractivity (Wildman–Crippen MR) is 96.0 cm³/mol. The highest BCUT2D eigenvalue weighted by molar-refractivity contribution is 7.13. The Bertz CT molecular complexity index is 757. The van der Waals surface area contributed by atoms with Gasteiger partial charge in [-0.1, -0.05) is 6.07 Å². The molecular weight excluding hydrogens is 356 g/mol. The van der Waals surface area contributed by atoms with Crippen LogP contribution in [-0.4, -0.2) is 67.1 Å². The van der Waals surface area contributed by atoms with E-state index in [4.69, 9.17) is 14.2 Å². The first-order chi connectivity index (χ1) is 12.7. The first-order valence-electron chi connectivity index (χ1n) is 8.39. The van der Waals surface area contributed by atoms with E-state index in [-0.39, 0.29) is 36.8 Å². The highest BCUT2D eigenvalue weighted by Crippen LogP contribution is 2.29. The van der Waals surface area contributed by atoms with E-state index < -0.39 is 0 Å². The van der Waals surface area contributed by atoms with Gasteiger partial charge in [-0.05, 0) is 17.5 Å². The molecule has 138 valence electrons. The highest BCUT2D eigenvalue weighted by Gasteiger charge is 2.48. The molecule has 0 saturated carbocycles. The minimum absolute atomic E-state index is 0.0267. The molecule has 2 aliphatic heterocycles. The Hall–Kier alpha value is -2.07. The molecule has 2 aliphatic rings. The summed E-state index contributed by atoms with van der Waals surface area (Å²) >= 11 is 1.63. The van der Waals surface area contributed by atoms with Gasteiger partial charge in [0, 0.05) is 13.3 Å². The lowest BCUT2D eigenvalue weighted by Gasteiger charge is -2.18. The molecule has 0 spiro atoms. The second kappa shape index (κ2) is 7.67. The Morgan fingerprint density at radius 2 is 2.12 bits per heavy atom. The zero-order valence-electron chi connectivity index (χ0n) is 14.3. The Labute approximate surface area is 154 Å². The van der Waals surface area contributed by atoms with E-state index in [0.29, 0.717) is 19.2 Å². The molecule has 2 fully saturated rings. The van der Waals surface area contributed by atoms with E-state index in [0.717, 1.165) is 10.6 Å². The molecule has 0 aromatic carbocycles. The van der Waals surface area contributed by atoms with Gasteiger partial charge in [0.2, 0.25) is 11.9 Å². The lowest BCUT2D eigenvalue weighted by Crippen LogP contribution is -2.45. The van der Waals surface area contributed by atoms with Gasteiger partial charge in [0.05, 0.1) is 35.9 Å². The molecule has 2 saturated heterocycles. The van der Waals surface area contributed by atoms with Gasteiger partial charge in [-0.25, -0.2) is 9.97 Å². The lowest BCUT2D eigenvalue weighted by atomic mass is 10.1. The van der Waals surface area contributed by atoms with Gasteiger partial charge in [-0.2, -0.15) is 0 Å². The second-order valence-corrected chi connectivity index (χ2v) is 7.14. The van der Waals surface area contributed by atoms with Crippen molar-refractivity contribution in [3.8, 4) is 10.6 Å². The fraction of sp³-hybridized carbons (Fsp3) is 0.471. The normalized spacial score (nSPS) is 27.3. The number of anilines is 1. The van der Waals surface area contributed by atoms with Crippen LogP contribution < -0.4 is 10.6 Å². The van der Waals surface area contributed by atoms with Crippen molar-refractivity contribution in [2.75, 3.05) is 32.2 Å². The Kier molecular flexibility index (Phi) is 5.11. The average molecular weight is 376 g/mol. The van der Waals surface area contributed by atoms with Crippen molar-refractivity contribution in [2.24, 2.45) is 0 Å². The summed E-state index contributed by atoms with van der Waals surface area (Å²) in [7, 11) is 1.49. The van der Waals surface area contributed by atoms with Crippen molar-refractivity contribution in [1.82, 2.24) is 15.3 Å². The number of nitrogens with zero attached hydrogens (tertiary/aromatic N) is 2. The van der Waals surface area contributed by atoms with Gasteiger partial charge in [-0.15, -0.1) is 11.3 Å². The van der Waals surface area contributed by atoms with E-state index in [9.17, 15) is 4.79 Å². The summed E-state index contributed by atoms with van der Waals surface area (Å²) in [5, 5.41) is 8.22. The SMILES string of the molecule is COCC(=O)N[C@H]1CO[C@H]2[C@@H]1OC[C@@H]2Nc1nccc(-c2cccs2)n1. The van der Waals surface area contributed by atoms with E-state index in [1.54, 1.807) is 17.5 Å². The predicted octanol–water partition coefficient (Wildman–Crippen LogP) is 0.914. The van der Waals surface area contributed by atoms with E-state index in [2.05, 4.69) is 20.6 Å². The highest BCUT2D eigenvalue weighted by atomic mass is 32.1. The summed E-state index contributed by atoms with van der Waals surface area (Å²) in [5.41, 5.74) is 0.880. The molecular formula is C17H20N4O4S. The quantitative estimate of drug-likeness (QED) is 0.774. The topological polar surface area (TPSA) is 94.6 Å². The summed E-state index contributed by atoms with van der Waals surface area (Å²) in [6, 6.07) is 5.67. The van der Waals surface area contributed by atoms with Crippen LogP contribution in [0.4, 0.5) is 5.95 Å². The van der Waals surface area contributed by atoms with Gasteiger partial charge in [0.1, 0.15) is 18.8 Å². The molecule has 9 heteroatoms. The number of methoxy groups -OCH3 is 1. The third-order valence-electron chi connectivity index (χ3n) is 4.42. The van der Waals surface area contributed by atoms with Crippen molar-refractivity contribution in [2.45, 2.75) is 24.3 Å². The van der Waals surface area contributed by atoms with Crippen LogP contribution in [0.2, 0.25) is 0 Å². The maximum absolute atomic E-state index is 11.7. The molecule has 4 heterocycles. The van der Waals surface area contributed by atoms with Crippen molar-refractivity contribution in [1.29, 1.82) is 0 Å². The molecule has 0 aliphatic carbocycles. The molecule has 1 amide bonds. The van der Waals surface area contributed by atoms with Crippen LogP contribution in [0.1, 0.15) is 0 Å². The van der Waals surface area contributed by atoms with Crippen LogP contribution in [0.3, 0.4) is 0 Å². The van der Waals surface area contributed by atoms with E-state index in [1.165, 1.54) is 7.11 Å². The van der Waals surface area contributed by atoms with Gasteiger partial charge >= 0.3 is 0 Å². The Morgan fingerprint density at radius 3 is 2.88 bits per heavy atom. The smallest absolute Gasteiger partial charge is 0.246 e. The molecule has 2 aromatic heterocycles. The molecule has 2 N–H and O–H groups in total. The molecule has 26 heavy (non-hydrogen) atoms. The zero-order valence-corrected chi connectivity index (χ0v) is 15.1. The Balaban J connectivity index is 1.40. The molecule has 0 radical (unpaired) electrons. The molecule has 4 rings (SSSR count). The van der Waals surface area contributed by atoms with Gasteiger partial charge in [0.25, 0.3) is 0 Å². The van der Waals surface area contributed by atoms with Gasteiger partial charge in [-0.3, -0.25) is 4.79 Å². The van der Waals surface area contributed by atoms with Gasteiger partial charge < -0.3 is 24.8 Å². The third kappa shape index (κ3) is 3.56. The van der Waals surface area contributed by atoms with Crippen molar-refractivity contribution >= 4 is 23.2 Å².